The lowest BCUT2D eigenvalue weighted by molar-refractivity contribution is -0.116. The zero-order chi connectivity index (χ0) is 15.8. The number of hydrogen-bond donors (Lipinski definition) is 2. The number of rotatable bonds is 6. The lowest BCUT2D eigenvalue weighted by atomic mass is 10.3. The van der Waals surface area contributed by atoms with E-state index in [1.807, 2.05) is 6.07 Å². The van der Waals surface area contributed by atoms with Crippen LogP contribution in [0, 0.1) is 0 Å². The fourth-order valence-corrected chi connectivity index (χ4v) is 2.35. The molecule has 1 saturated heterocycles. The molecule has 2 rings (SSSR count). The molecule has 0 aromatic carbocycles. The number of alkyl carbamates (subject to hydrolysis) is 1. The number of hydrogen-bond acceptors (Lipinski definition) is 5. The van der Waals surface area contributed by atoms with Crippen molar-refractivity contribution in [2.24, 2.45) is 0 Å². The minimum Gasteiger partial charge on any atom is -0.450 e. The Morgan fingerprint density at radius 2 is 2.14 bits per heavy atom. The maximum Gasteiger partial charge on any atom is 0.407 e. The van der Waals surface area contributed by atoms with Crippen molar-refractivity contribution >= 4 is 23.5 Å². The smallest absolute Gasteiger partial charge is 0.407 e. The van der Waals surface area contributed by atoms with Gasteiger partial charge >= 0.3 is 6.09 Å². The third-order valence-electron chi connectivity index (χ3n) is 3.36. The summed E-state index contributed by atoms with van der Waals surface area (Å²) in [5.41, 5.74) is 0.713. The highest BCUT2D eigenvalue weighted by Crippen LogP contribution is 2.26. The molecule has 0 saturated carbocycles. The first kappa shape index (κ1) is 16.1. The van der Waals surface area contributed by atoms with E-state index in [0.29, 0.717) is 12.3 Å². The highest BCUT2D eigenvalue weighted by molar-refractivity contribution is 5.93. The summed E-state index contributed by atoms with van der Waals surface area (Å²) in [6.07, 6.45) is 3.70. The highest BCUT2D eigenvalue weighted by atomic mass is 16.5. The largest absolute Gasteiger partial charge is 0.450 e. The molecule has 1 aliphatic heterocycles. The van der Waals surface area contributed by atoms with Crippen molar-refractivity contribution in [2.75, 3.05) is 36.5 Å². The molecule has 0 atom stereocenters. The number of carbonyl (C=O) groups excluding carboxylic acids is 2. The van der Waals surface area contributed by atoms with Crippen LogP contribution in [-0.2, 0) is 9.53 Å². The number of carbonyl (C=O) groups is 2. The average molecular weight is 306 g/mol. The third-order valence-corrected chi connectivity index (χ3v) is 3.36. The molecule has 1 fully saturated rings. The zero-order valence-electron chi connectivity index (χ0n) is 12.8. The van der Waals surface area contributed by atoms with E-state index in [1.54, 1.807) is 19.2 Å². The van der Waals surface area contributed by atoms with Gasteiger partial charge in [-0.15, -0.1) is 0 Å². The minimum atomic E-state index is -0.505. The molecule has 2 N–H and O–H groups in total. The van der Waals surface area contributed by atoms with E-state index in [-0.39, 0.29) is 18.9 Å². The summed E-state index contributed by atoms with van der Waals surface area (Å²) in [6.45, 7) is 4.21. The lowest BCUT2D eigenvalue weighted by Gasteiger charge is -2.19. The van der Waals surface area contributed by atoms with E-state index in [2.05, 4.69) is 20.5 Å². The summed E-state index contributed by atoms with van der Waals surface area (Å²) < 4.78 is 4.73. The third kappa shape index (κ3) is 4.61. The Morgan fingerprint density at radius 1 is 1.36 bits per heavy atom. The van der Waals surface area contributed by atoms with Crippen molar-refractivity contribution in [1.82, 2.24) is 10.3 Å². The molecule has 0 unspecified atom stereocenters. The Bertz CT molecular complexity index is 515. The maximum atomic E-state index is 12.0. The second kappa shape index (κ2) is 8.21. The molecule has 7 nitrogen and oxygen atoms in total. The Labute approximate surface area is 130 Å². The van der Waals surface area contributed by atoms with E-state index in [0.717, 1.165) is 31.7 Å². The fourth-order valence-electron chi connectivity index (χ4n) is 2.35. The average Bonchev–Trinajstić information content (AvgIpc) is 3.02. The lowest BCUT2D eigenvalue weighted by Crippen LogP contribution is -2.28. The summed E-state index contributed by atoms with van der Waals surface area (Å²) in [7, 11) is 0. The Kier molecular flexibility index (Phi) is 6.00. The van der Waals surface area contributed by atoms with Crippen LogP contribution in [0.1, 0.15) is 26.2 Å². The van der Waals surface area contributed by atoms with Gasteiger partial charge in [-0.1, -0.05) is 0 Å². The van der Waals surface area contributed by atoms with Gasteiger partial charge in [0.05, 0.1) is 12.3 Å². The zero-order valence-corrected chi connectivity index (χ0v) is 12.8. The summed E-state index contributed by atoms with van der Waals surface area (Å²) in [4.78, 5) is 29.6. The van der Waals surface area contributed by atoms with Crippen LogP contribution < -0.4 is 15.5 Å². The van der Waals surface area contributed by atoms with Crippen LogP contribution in [0.15, 0.2) is 18.3 Å². The number of nitrogens with zero attached hydrogens (tertiary/aromatic N) is 2. The summed E-state index contributed by atoms with van der Waals surface area (Å²) in [5, 5.41) is 5.38. The molecule has 2 amide bonds. The monoisotopic (exact) mass is 306 g/mol. The molecule has 22 heavy (non-hydrogen) atoms. The van der Waals surface area contributed by atoms with Gasteiger partial charge in [-0.25, -0.2) is 9.78 Å². The molecule has 0 bridgehead atoms. The predicted molar refractivity (Wildman–Crippen MR) is 84.0 cm³/mol. The first-order valence-corrected chi connectivity index (χ1v) is 7.61. The molecule has 0 aliphatic carbocycles. The summed E-state index contributed by atoms with van der Waals surface area (Å²) in [5.74, 6) is 0.650. The molecule has 0 radical (unpaired) electrons. The van der Waals surface area contributed by atoms with Gasteiger partial charge in [0, 0.05) is 32.3 Å². The predicted octanol–water partition coefficient (Wildman–Crippen LogP) is 1.76. The normalized spacial score (nSPS) is 13.8. The minimum absolute atomic E-state index is 0.162. The van der Waals surface area contributed by atoms with Crippen LogP contribution in [-0.4, -0.2) is 43.2 Å². The van der Waals surface area contributed by atoms with Crippen LogP contribution in [0.4, 0.5) is 16.3 Å². The van der Waals surface area contributed by atoms with Gasteiger partial charge in [-0.3, -0.25) is 4.79 Å². The van der Waals surface area contributed by atoms with Crippen molar-refractivity contribution in [3.63, 3.8) is 0 Å². The van der Waals surface area contributed by atoms with Gasteiger partial charge in [0.15, 0.2) is 5.82 Å². The SMILES string of the molecule is CCOC(=O)NCCC(=O)Nc1cccnc1N1CCCC1. The quantitative estimate of drug-likeness (QED) is 0.836. The molecule has 2 heterocycles. The van der Waals surface area contributed by atoms with E-state index in [1.165, 1.54) is 0 Å². The van der Waals surface area contributed by atoms with Gasteiger partial charge in [-0.2, -0.15) is 0 Å². The van der Waals surface area contributed by atoms with Gasteiger partial charge in [0.1, 0.15) is 0 Å². The molecule has 120 valence electrons. The Morgan fingerprint density at radius 3 is 2.86 bits per heavy atom. The standard InChI is InChI=1S/C15H22N4O3/c1-2-22-15(21)17-9-7-13(20)18-12-6-5-8-16-14(12)19-10-3-4-11-19/h5-6,8H,2-4,7,9-11H2,1H3,(H,17,21)(H,18,20). The molecule has 0 spiro atoms. The second-order valence-electron chi connectivity index (χ2n) is 5.01. The van der Waals surface area contributed by atoms with E-state index in [4.69, 9.17) is 4.74 Å². The summed E-state index contributed by atoms with van der Waals surface area (Å²) >= 11 is 0. The molecular formula is C15H22N4O3. The van der Waals surface area contributed by atoms with Crippen LogP contribution in [0.2, 0.25) is 0 Å². The molecule has 1 aliphatic rings. The van der Waals surface area contributed by atoms with E-state index < -0.39 is 6.09 Å². The molecule has 1 aromatic heterocycles. The Hall–Kier alpha value is -2.31. The van der Waals surface area contributed by atoms with Crippen molar-refractivity contribution in [2.45, 2.75) is 26.2 Å². The summed E-state index contributed by atoms with van der Waals surface area (Å²) in [6, 6.07) is 3.64. The van der Waals surface area contributed by atoms with Crippen molar-refractivity contribution in [3.8, 4) is 0 Å². The van der Waals surface area contributed by atoms with Crippen LogP contribution in [0.25, 0.3) is 0 Å². The molecule has 7 heteroatoms. The van der Waals surface area contributed by atoms with Gasteiger partial charge < -0.3 is 20.3 Å². The fraction of sp³-hybridized carbons (Fsp3) is 0.533. The van der Waals surface area contributed by atoms with Crippen molar-refractivity contribution < 1.29 is 14.3 Å². The maximum absolute atomic E-state index is 12.0. The number of ether oxygens (including phenoxy) is 1. The van der Waals surface area contributed by atoms with Gasteiger partial charge in [-0.05, 0) is 31.9 Å². The van der Waals surface area contributed by atoms with Crippen LogP contribution in [0.5, 0.6) is 0 Å². The highest BCUT2D eigenvalue weighted by Gasteiger charge is 2.17. The number of nitrogens with one attached hydrogen (secondary N) is 2. The van der Waals surface area contributed by atoms with Crippen molar-refractivity contribution in [1.29, 1.82) is 0 Å². The number of pyridine rings is 1. The Balaban J connectivity index is 1.85. The molecule has 1 aromatic rings. The van der Waals surface area contributed by atoms with Crippen LogP contribution in [0.3, 0.4) is 0 Å². The van der Waals surface area contributed by atoms with E-state index >= 15 is 0 Å². The second-order valence-corrected chi connectivity index (χ2v) is 5.01. The number of amides is 2. The number of anilines is 2. The van der Waals surface area contributed by atoms with Crippen molar-refractivity contribution in [3.05, 3.63) is 18.3 Å². The first-order chi connectivity index (χ1) is 10.7. The van der Waals surface area contributed by atoms with E-state index in [9.17, 15) is 9.59 Å². The van der Waals surface area contributed by atoms with Gasteiger partial charge in [0.2, 0.25) is 5.91 Å². The molecular weight excluding hydrogens is 284 g/mol. The van der Waals surface area contributed by atoms with Crippen LogP contribution >= 0.6 is 0 Å². The topological polar surface area (TPSA) is 83.6 Å². The first-order valence-electron chi connectivity index (χ1n) is 7.61. The van der Waals surface area contributed by atoms with Gasteiger partial charge in [0.25, 0.3) is 0 Å². The number of aromatic nitrogens is 1.